The zero-order valence-electron chi connectivity index (χ0n) is 8.73. The van der Waals surface area contributed by atoms with Gasteiger partial charge in [-0.25, -0.2) is 0 Å². The summed E-state index contributed by atoms with van der Waals surface area (Å²) in [4.78, 5) is 14.5. The molecule has 1 aliphatic carbocycles. The van der Waals surface area contributed by atoms with E-state index in [0.717, 1.165) is 12.2 Å². The van der Waals surface area contributed by atoms with Crippen LogP contribution in [0.3, 0.4) is 0 Å². The number of hydrogen-bond acceptors (Lipinski definition) is 3. The largest absolute Gasteiger partial charge is 0.480 e. The molecular weight excluding hydrogens is 230 g/mol. The number of aliphatic carboxylic acids is 1. The van der Waals surface area contributed by atoms with Gasteiger partial charge in [0.1, 0.15) is 6.04 Å². The van der Waals surface area contributed by atoms with Crippen molar-refractivity contribution in [3.05, 3.63) is 35.6 Å². The number of alkyl halides is 2. The SMILES string of the molecule is N[C@@H](CC1=CN=C2C=CC(F)(F)C=C12)C(=O)O. The first kappa shape index (κ1) is 11.7. The fraction of sp³-hybridized carbons (Fsp3) is 0.273. The standard InChI is InChI=1S/C11H10F2N2O2/c12-11(13)2-1-9-7(4-11)6(5-15-9)3-8(14)10(16)17/h1-2,4-5,8H,3,14H2,(H,16,17)/t8-/m0/s1. The number of carboxylic acids is 1. The minimum atomic E-state index is -3.02. The number of nitrogens with two attached hydrogens (primary N) is 1. The van der Waals surface area contributed by atoms with E-state index in [1.54, 1.807) is 0 Å². The Labute approximate surface area is 95.8 Å². The molecule has 0 fully saturated rings. The van der Waals surface area contributed by atoms with E-state index in [4.69, 9.17) is 10.8 Å². The fourth-order valence-corrected chi connectivity index (χ4v) is 1.67. The molecule has 0 spiro atoms. The van der Waals surface area contributed by atoms with E-state index in [1.807, 2.05) is 0 Å². The van der Waals surface area contributed by atoms with Gasteiger partial charge in [0.25, 0.3) is 5.92 Å². The smallest absolute Gasteiger partial charge is 0.320 e. The highest BCUT2D eigenvalue weighted by molar-refractivity contribution is 6.14. The van der Waals surface area contributed by atoms with E-state index >= 15 is 0 Å². The van der Waals surface area contributed by atoms with Gasteiger partial charge < -0.3 is 10.8 Å². The van der Waals surface area contributed by atoms with Crippen LogP contribution in [0.4, 0.5) is 8.78 Å². The maximum Gasteiger partial charge on any atom is 0.320 e. The van der Waals surface area contributed by atoms with Crippen molar-refractivity contribution in [3.63, 3.8) is 0 Å². The summed E-state index contributed by atoms with van der Waals surface area (Å²) >= 11 is 0. The lowest BCUT2D eigenvalue weighted by Gasteiger charge is -2.16. The molecule has 0 aromatic rings. The van der Waals surface area contributed by atoms with Crippen LogP contribution in [-0.4, -0.2) is 28.8 Å². The number of aliphatic imine (C=N–C) groups is 1. The van der Waals surface area contributed by atoms with Crippen LogP contribution >= 0.6 is 0 Å². The van der Waals surface area contributed by atoms with E-state index < -0.39 is 17.9 Å². The van der Waals surface area contributed by atoms with E-state index in [-0.39, 0.29) is 12.0 Å². The maximum atomic E-state index is 13.1. The molecule has 0 radical (unpaired) electrons. The van der Waals surface area contributed by atoms with Gasteiger partial charge in [0.05, 0.1) is 5.71 Å². The molecule has 1 heterocycles. The number of carbonyl (C=O) groups is 1. The van der Waals surface area contributed by atoms with Crippen LogP contribution < -0.4 is 5.73 Å². The lowest BCUT2D eigenvalue weighted by Crippen LogP contribution is -2.31. The number of allylic oxidation sites excluding steroid dienone is 4. The molecule has 0 saturated carbocycles. The predicted octanol–water partition coefficient (Wildman–Crippen LogP) is 1.26. The second kappa shape index (κ2) is 3.89. The van der Waals surface area contributed by atoms with Crippen LogP contribution in [-0.2, 0) is 4.79 Å². The monoisotopic (exact) mass is 240 g/mol. The molecule has 2 rings (SSSR count). The Morgan fingerprint density at radius 1 is 1.59 bits per heavy atom. The number of hydrogen-bond donors (Lipinski definition) is 2. The highest BCUT2D eigenvalue weighted by Gasteiger charge is 2.31. The molecule has 1 aliphatic heterocycles. The Kier molecular flexibility index (Phi) is 2.66. The third kappa shape index (κ3) is 2.31. The van der Waals surface area contributed by atoms with Gasteiger partial charge in [0.2, 0.25) is 0 Å². The van der Waals surface area contributed by atoms with Crippen molar-refractivity contribution in [3.8, 4) is 0 Å². The molecule has 3 N–H and O–H groups in total. The zero-order valence-corrected chi connectivity index (χ0v) is 8.73. The van der Waals surface area contributed by atoms with Crippen LogP contribution in [0.2, 0.25) is 0 Å². The van der Waals surface area contributed by atoms with Crippen molar-refractivity contribution in [2.75, 3.05) is 0 Å². The van der Waals surface area contributed by atoms with E-state index in [2.05, 4.69) is 4.99 Å². The van der Waals surface area contributed by atoms with Gasteiger partial charge in [-0.3, -0.25) is 9.79 Å². The summed E-state index contributed by atoms with van der Waals surface area (Å²) in [5.41, 5.74) is 6.48. The Morgan fingerprint density at radius 3 is 2.94 bits per heavy atom. The summed E-state index contributed by atoms with van der Waals surface area (Å²) in [6, 6.07) is -1.11. The molecule has 17 heavy (non-hydrogen) atoms. The van der Waals surface area contributed by atoms with Crippen molar-refractivity contribution in [1.82, 2.24) is 0 Å². The second-order valence-electron chi connectivity index (χ2n) is 3.88. The molecule has 6 heteroatoms. The molecule has 0 unspecified atom stereocenters. The van der Waals surface area contributed by atoms with Gasteiger partial charge in [-0.05, 0) is 23.8 Å². The van der Waals surface area contributed by atoms with Crippen molar-refractivity contribution >= 4 is 11.7 Å². The third-order valence-corrected chi connectivity index (χ3v) is 2.54. The van der Waals surface area contributed by atoms with E-state index in [9.17, 15) is 13.6 Å². The lowest BCUT2D eigenvalue weighted by molar-refractivity contribution is -0.138. The van der Waals surface area contributed by atoms with Crippen LogP contribution in [0.15, 0.2) is 40.6 Å². The summed E-state index contributed by atoms with van der Waals surface area (Å²) in [7, 11) is 0. The minimum absolute atomic E-state index is 0.0158. The first-order valence-electron chi connectivity index (χ1n) is 4.95. The Balaban J connectivity index is 2.19. The summed E-state index contributed by atoms with van der Waals surface area (Å²) in [5, 5.41) is 8.67. The molecule has 4 nitrogen and oxygen atoms in total. The lowest BCUT2D eigenvalue weighted by atomic mass is 9.93. The number of halogens is 2. The van der Waals surface area contributed by atoms with Gasteiger partial charge in [-0.1, -0.05) is 0 Å². The number of rotatable bonds is 3. The first-order chi connectivity index (χ1) is 7.89. The quantitative estimate of drug-likeness (QED) is 0.779. The molecule has 1 atom stereocenters. The van der Waals surface area contributed by atoms with Gasteiger partial charge in [0.15, 0.2) is 0 Å². The van der Waals surface area contributed by atoms with Crippen molar-refractivity contribution in [2.45, 2.75) is 18.4 Å². The molecule has 0 aromatic carbocycles. The molecule has 2 aliphatic rings. The average Bonchev–Trinajstić information content (AvgIpc) is 2.59. The Morgan fingerprint density at radius 2 is 2.29 bits per heavy atom. The van der Waals surface area contributed by atoms with Crippen LogP contribution in [0, 0.1) is 0 Å². The third-order valence-electron chi connectivity index (χ3n) is 2.54. The molecule has 0 saturated heterocycles. The minimum Gasteiger partial charge on any atom is -0.480 e. The van der Waals surface area contributed by atoms with E-state index in [0.29, 0.717) is 11.3 Å². The number of carboxylic acid groups (broad SMARTS) is 1. The summed E-state index contributed by atoms with van der Waals surface area (Å²) < 4.78 is 26.2. The maximum absolute atomic E-state index is 13.1. The fourth-order valence-electron chi connectivity index (χ4n) is 1.67. The van der Waals surface area contributed by atoms with Crippen molar-refractivity contribution in [1.29, 1.82) is 0 Å². The predicted molar refractivity (Wildman–Crippen MR) is 57.9 cm³/mol. The summed E-state index contributed by atoms with van der Waals surface area (Å²) in [6.45, 7) is 0. The van der Waals surface area contributed by atoms with Crippen LogP contribution in [0.25, 0.3) is 0 Å². The van der Waals surface area contributed by atoms with Gasteiger partial charge in [-0.2, -0.15) is 8.78 Å². The highest BCUT2D eigenvalue weighted by Crippen LogP contribution is 2.32. The van der Waals surface area contributed by atoms with Crippen molar-refractivity contribution in [2.24, 2.45) is 10.7 Å². The number of nitrogens with zero attached hydrogens (tertiary/aromatic N) is 1. The van der Waals surface area contributed by atoms with Crippen molar-refractivity contribution < 1.29 is 18.7 Å². The average molecular weight is 240 g/mol. The number of fused-ring (bicyclic) bond motifs is 1. The van der Waals surface area contributed by atoms with Gasteiger partial charge in [-0.15, -0.1) is 0 Å². The van der Waals surface area contributed by atoms with E-state index in [1.165, 1.54) is 12.3 Å². The normalized spacial score (nSPS) is 22.4. The molecular formula is C11H10F2N2O2. The molecule has 0 aromatic heterocycles. The van der Waals surface area contributed by atoms with Gasteiger partial charge >= 0.3 is 5.97 Å². The Bertz CT molecular complexity index is 490. The second-order valence-corrected chi connectivity index (χ2v) is 3.88. The van der Waals surface area contributed by atoms with Gasteiger partial charge in [0, 0.05) is 18.2 Å². The molecule has 90 valence electrons. The van der Waals surface area contributed by atoms with Crippen LogP contribution in [0.1, 0.15) is 6.42 Å². The zero-order chi connectivity index (χ0) is 12.6. The first-order valence-corrected chi connectivity index (χ1v) is 4.95. The topological polar surface area (TPSA) is 75.7 Å². The highest BCUT2D eigenvalue weighted by atomic mass is 19.3. The Hall–Kier alpha value is -1.82. The summed E-state index contributed by atoms with van der Waals surface area (Å²) in [6.07, 6.45) is 4.13. The summed E-state index contributed by atoms with van der Waals surface area (Å²) in [5.74, 6) is -4.19. The molecule has 0 bridgehead atoms. The molecule has 0 amide bonds. The van der Waals surface area contributed by atoms with Crippen LogP contribution in [0.5, 0.6) is 0 Å².